The van der Waals surface area contributed by atoms with E-state index in [0.29, 0.717) is 12.1 Å². The van der Waals surface area contributed by atoms with Gasteiger partial charge in [0, 0.05) is 24.6 Å². The van der Waals surface area contributed by atoms with Crippen molar-refractivity contribution in [1.29, 1.82) is 0 Å². The fourth-order valence-corrected chi connectivity index (χ4v) is 3.01. The summed E-state index contributed by atoms with van der Waals surface area (Å²) in [6, 6.07) is 7.52. The van der Waals surface area contributed by atoms with Crippen LogP contribution in [0.1, 0.15) is 30.3 Å². The lowest BCUT2D eigenvalue weighted by Crippen LogP contribution is -2.11. The first-order valence-corrected chi connectivity index (χ1v) is 8.42. The van der Waals surface area contributed by atoms with Crippen molar-refractivity contribution in [3.8, 4) is 0 Å². The van der Waals surface area contributed by atoms with Gasteiger partial charge < -0.3 is 0 Å². The molecule has 1 heterocycles. The fraction of sp³-hybridized carbons (Fsp3) is 0.429. The zero-order chi connectivity index (χ0) is 14.8. The Bertz CT molecular complexity index is 732. The molecular formula is C14H18N2O3S. The standard InChI is InChI=1S/C14H18N2O3S/c1-3-20(18,19)10-6-9-13(17)14-11-7-4-5-8-12(11)16(2)15-14/h4-5,7-8H,3,6,9-10H2,1-2H3. The summed E-state index contributed by atoms with van der Waals surface area (Å²) in [5.74, 6) is 0.0707. The Balaban J connectivity index is 2.13. The van der Waals surface area contributed by atoms with Crippen LogP contribution in [-0.2, 0) is 16.9 Å². The molecule has 0 N–H and O–H groups in total. The van der Waals surface area contributed by atoms with E-state index in [9.17, 15) is 13.2 Å². The minimum Gasteiger partial charge on any atom is -0.292 e. The van der Waals surface area contributed by atoms with Gasteiger partial charge in [0.15, 0.2) is 5.78 Å². The second-order valence-corrected chi connectivity index (χ2v) is 7.23. The average molecular weight is 294 g/mol. The summed E-state index contributed by atoms with van der Waals surface area (Å²) in [6.07, 6.45) is 0.556. The van der Waals surface area contributed by atoms with Crippen molar-refractivity contribution in [2.75, 3.05) is 11.5 Å². The van der Waals surface area contributed by atoms with Crippen LogP contribution in [0.15, 0.2) is 24.3 Å². The first kappa shape index (κ1) is 14.7. The van der Waals surface area contributed by atoms with E-state index in [-0.39, 0.29) is 23.7 Å². The van der Waals surface area contributed by atoms with E-state index in [1.165, 1.54) is 0 Å². The summed E-state index contributed by atoms with van der Waals surface area (Å²) in [7, 11) is -1.22. The topological polar surface area (TPSA) is 69.0 Å². The molecule has 2 rings (SSSR count). The molecule has 0 saturated carbocycles. The predicted octanol–water partition coefficient (Wildman–Crippen LogP) is 1.97. The molecular weight excluding hydrogens is 276 g/mol. The minimum absolute atomic E-state index is 0.0556. The molecule has 0 amide bonds. The number of aromatic nitrogens is 2. The quantitative estimate of drug-likeness (QED) is 0.764. The summed E-state index contributed by atoms with van der Waals surface area (Å²) < 4.78 is 24.5. The van der Waals surface area contributed by atoms with Gasteiger partial charge in [0.2, 0.25) is 0 Å². The van der Waals surface area contributed by atoms with E-state index in [1.807, 2.05) is 24.3 Å². The lowest BCUT2D eigenvalue weighted by atomic mass is 10.1. The smallest absolute Gasteiger partial charge is 0.183 e. The number of hydrogen-bond donors (Lipinski definition) is 0. The zero-order valence-corrected chi connectivity index (χ0v) is 12.5. The Morgan fingerprint density at radius 1 is 1.30 bits per heavy atom. The molecule has 0 unspecified atom stereocenters. The maximum atomic E-state index is 12.2. The van der Waals surface area contributed by atoms with Crippen LogP contribution >= 0.6 is 0 Å². The molecule has 2 aromatic rings. The predicted molar refractivity (Wildman–Crippen MR) is 78.6 cm³/mol. The third kappa shape index (κ3) is 3.07. The number of para-hydroxylation sites is 1. The van der Waals surface area contributed by atoms with Crippen molar-refractivity contribution in [1.82, 2.24) is 9.78 Å². The highest BCUT2D eigenvalue weighted by Gasteiger charge is 2.16. The molecule has 0 aliphatic carbocycles. The monoisotopic (exact) mass is 294 g/mol. The number of rotatable bonds is 6. The molecule has 6 heteroatoms. The van der Waals surface area contributed by atoms with Gasteiger partial charge in [-0.3, -0.25) is 9.48 Å². The first-order chi connectivity index (χ1) is 9.44. The summed E-state index contributed by atoms with van der Waals surface area (Å²) >= 11 is 0. The number of benzene rings is 1. The highest BCUT2D eigenvalue weighted by atomic mass is 32.2. The Morgan fingerprint density at radius 3 is 2.70 bits per heavy atom. The van der Waals surface area contributed by atoms with Crippen molar-refractivity contribution in [3.05, 3.63) is 30.0 Å². The summed E-state index contributed by atoms with van der Waals surface area (Å²) in [6.45, 7) is 1.61. The van der Waals surface area contributed by atoms with Gasteiger partial charge >= 0.3 is 0 Å². The minimum atomic E-state index is -3.01. The van der Waals surface area contributed by atoms with E-state index in [0.717, 1.165) is 10.9 Å². The van der Waals surface area contributed by atoms with Crippen molar-refractivity contribution >= 4 is 26.5 Å². The molecule has 0 saturated heterocycles. The van der Waals surface area contributed by atoms with Gasteiger partial charge in [-0.2, -0.15) is 5.10 Å². The molecule has 0 aliphatic rings. The van der Waals surface area contributed by atoms with E-state index >= 15 is 0 Å². The lowest BCUT2D eigenvalue weighted by Gasteiger charge is -2.00. The highest BCUT2D eigenvalue weighted by Crippen LogP contribution is 2.19. The van der Waals surface area contributed by atoms with Gasteiger partial charge in [0.25, 0.3) is 0 Å². The van der Waals surface area contributed by atoms with Crippen molar-refractivity contribution in [2.24, 2.45) is 7.05 Å². The second-order valence-electron chi connectivity index (χ2n) is 4.75. The van der Waals surface area contributed by atoms with E-state index in [4.69, 9.17) is 0 Å². The van der Waals surface area contributed by atoms with Crippen LogP contribution in [-0.4, -0.2) is 35.5 Å². The van der Waals surface area contributed by atoms with Crippen LogP contribution in [0.2, 0.25) is 0 Å². The Kier molecular flexibility index (Phi) is 4.23. The number of fused-ring (bicyclic) bond motifs is 1. The van der Waals surface area contributed by atoms with E-state index in [1.54, 1.807) is 18.7 Å². The summed E-state index contributed by atoms with van der Waals surface area (Å²) in [5.41, 5.74) is 1.33. The molecule has 0 radical (unpaired) electrons. The summed E-state index contributed by atoms with van der Waals surface area (Å²) in [4.78, 5) is 12.2. The van der Waals surface area contributed by atoms with Gasteiger partial charge in [0.1, 0.15) is 15.5 Å². The van der Waals surface area contributed by atoms with Crippen LogP contribution in [0.4, 0.5) is 0 Å². The van der Waals surface area contributed by atoms with Crippen LogP contribution < -0.4 is 0 Å². The number of carbonyl (C=O) groups is 1. The molecule has 0 atom stereocenters. The number of hydrogen-bond acceptors (Lipinski definition) is 4. The number of nitrogens with zero attached hydrogens (tertiary/aromatic N) is 2. The van der Waals surface area contributed by atoms with Gasteiger partial charge in [-0.25, -0.2) is 8.42 Å². The molecule has 20 heavy (non-hydrogen) atoms. The Hall–Kier alpha value is -1.69. The number of carbonyl (C=O) groups excluding carboxylic acids is 1. The normalized spacial score (nSPS) is 11.9. The molecule has 0 aliphatic heterocycles. The van der Waals surface area contributed by atoms with Crippen molar-refractivity contribution < 1.29 is 13.2 Å². The first-order valence-electron chi connectivity index (χ1n) is 6.60. The molecule has 0 spiro atoms. The van der Waals surface area contributed by atoms with Gasteiger partial charge in [-0.1, -0.05) is 25.1 Å². The summed E-state index contributed by atoms with van der Waals surface area (Å²) in [5, 5.41) is 5.06. The molecule has 1 aromatic carbocycles. The van der Waals surface area contributed by atoms with E-state index in [2.05, 4.69) is 5.10 Å². The van der Waals surface area contributed by atoms with Crippen LogP contribution in [0.25, 0.3) is 10.9 Å². The maximum Gasteiger partial charge on any atom is 0.183 e. The van der Waals surface area contributed by atoms with Crippen LogP contribution in [0.3, 0.4) is 0 Å². The highest BCUT2D eigenvalue weighted by molar-refractivity contribution is 7.91. The Morgan fingerprint density at radius 2 is 2.00 bits per heavy atom. The van der Waals surface area contributed by atoms with Gasteiger partial charge in [0.05, 0.1) is 11.3 Å². The SMILES string of the molecule is CCS(=O)(=O)CCCC(=O)c1nn(C)c2ccccc12. The maximum absolute atomic E-state index is 12.2. The third-order valence-corrected chi connectivity index (χ3v) is 5.11. The average Bonchev–Trinajstić information content (AvgIpc) is 2.77. The number of sulfone groups is 1. The molecule has 0 bridgehead atoms. The van der Waals surface area contributed by atoms with E-state index < -0.39 is 9.84 Å². The van der Waals surface area contributed by atoms with Crippen molar-refractivity contribution in [3.63, 3.8) is 0 Å². The molecule has 5 nitrogen and oxygen atoms in total. The number of ketones is 1. The third-order valence-electron chi connectivity index (χ3n) is 3.32. The molecule has 1 aromatic heterocycles. The Labute approximate surface area is 118 Å². The van der Waals surface area contributed by atoms with Crippen LogP contribution in [0.5, 0.6) is 0 Å². The zero-order valence-electron chi connectivity index (χ0n) is 11.7. The lowest BCUT2D eigenvalue weighted by molar-refractivity contribution is 0.0978. The van der Waals surface area contributed by atoms with Gasteiger partial charge in [-0.15, -0.1) is 0 Å². The van der Waals surface area contributed by atoms with Gasteiger partial charge in [-0.05, 0) is 12.5 Å². The molecule has 0 fully saturated rings. The largest absolute Gasteiger partial charge is 0.292 e. The van der Waals surface area contributed by atoms with Crippen LogP contribution in [0, 0.1) is 0 Å². The second kappa shape index (κ2) is 5.75. The fourth-order valence-electron chi connectivity index (χ4n) is 2.14. The number of Topliss-reactive ketones (excluding diaryl/α,β-unsaturated/α-hetero) is 1. The van der Waals surface area contributed by atoms with Crippen molar-refractivity contribution in [2.45, 2.75) is 19.8 Å². The number of aryl methyl sites for hydroxylation is 1. The molecule has 108 valence electrons.